The van der Waals surface area contributed by atoms with Gasteiger partial charge in [0, 0.05) is 18.3 Å². The summed E-state index contributed by atoms with van der Waals surface area (Å²) in [7, 11) is 0. The number of hydrogen-bond donors (Lipinski definition) is 0. The van der Waals surface area contributed by atoms with Crippen LogP contribution in [-0.4, -0.2) is 12.7 Å². The van der Waals surface area contributed by atoms with Gasteiger partial charge in [0.05, 0.1) is 0 Å². The molecule has 0 aliphatic heterocycles. The van der Waals surface area contributed by atoms with Gasteiger partial charge in [-0.25, -0.2) is 4.99 Å². The van der Waals surface area contributed by atoms with E-state index in [9.17, 15) is 0 Å². The Morgan fingerprint density at radius 1 is 1.29 bits per heavy atom. The highest BCUT2D eigenvalue weighted by Crippen LogP contribution is 2.10. The van der Waals surface area contributed by atoms with E-state index in [4.69, 9.17) is 4.74 Å². The van der Waals surface area contributed by atoms with Crippen LogP contribution in [0.4, 0.5) is 0 Å². The van der Waals surface area contributed by atoms with Crippen molar-refractivity contribution in [2.75, 3.05) is 6.26 Å². The summed E-state index contributed by atoms with van der Waals surface area (Å²) in [5, 5.41) is 3.39. The maximum absolute atomic E-state index is 5.10. The van der Waals surface area contributed by atoms with Gasteiger partial charge in [-0.05, 0) is 24.2 Å². The number of aryl methyl sites for hydroxylation is 1. The highest BCUT2D eigenvalue weighted by atomic mass is 32.2. The second-order valence-corrected chi connectivity index (χ2v) is 2.92. The van der Waals surface area contributed by atoms with Crippen molar-refractivity contribution in [3.05, 3.63) is 29.8 Å². The summed E-state index contributed by atoms with van der Waals surface area (Å²) in [6, 6.07) is 7.58. The molecule has 0 fully saturated rings. The summed E-state index contributed by atoms with van der Waals surface area (Å²) in [6.45, 7) is 2.01. The highest BCUT2D eigenvalue weighted by molar-refractivity contribution is 7.93. The van der Waals surface area contributed by atoms with Crippen LogP contribution in [0.3, 0.4) is 0 Å². The smallest absolute Gasteiger partial charge is 0.222 e. The lowest BCUT2D eigenvalue weighted by Crippen LogP contribution is -1.90. The van der Waals surface area contributed by atoms with E-state index >= 15 is 0 Å². The standard InChI is InChI=1S/C9H11NO3S/c1-8-3-5-9(6-4-8)11-7-10-12-13-14-2/h3-7H,1-2H3. The van der Waals surface area contributed by atoms with E-state index < -0.39 is 0 Å². The zero-order valence-corrected chi connectivity index (χ0v) is 8.78. The molecule has 4 nitrogen and oxygen atoms in total. The minimum atomic E-state index is 0.701. The van der Waals surface area contributed by atoms with Crippen molar-refractivity contribution in [3.63, 3.8) is 0 Å². The molecule has 0 unspecified atom stereocenters. The van der Waals surface area contributed by atoms with Gasteiger partial charge >= 0.3 is 0 Å². The molecule has 0 heterocycles. The Hall–Kier alpha value is -1.20. The molecular weight excluding hydrogens is 202 g/mol. The van der Waals surface area contributed by atoms with Crippen LogP contribution < -0.4 is 4.74 Å². The van der Waals surface area contributed by atoms with E-state index in [1.807, 2.05) is 31.2 Å². The third kappa shape index (κ3) is 4.15. The Bertz CT molecular complexity index is 287. The molecule has 0 aromatic heterocycles. The number of hydrogen-bond acceptors (Lipinski definition) is 5. The topological polar surface area (TPSA) is 40.0 Å². The van der Waals surface area contributed by atoms with Crippen molar-refractivity contribution < 1.29 is 14.1 Å². The lowest BCUT2D eigenvalue weighted by molar-refractivity contribution is -0.190. The van der Waals surface area contributed by atoms with Gasteiger partial charge in [0.15, 0.2) is 0 Å². The summed E-state index contributed by atoms with van der Waals surface area (Å²) >= 11 is 1.06. The summed E-state index contributed by atoms with van der Waals surface area (Å²) in [5.41, 5.74) is 1.18. The fourth-order valence-electron chi connectivity index (χ4n) is 0.765. The second-order valence-electron chi connectivity index (χ2n) is 2.45. The molecule has 0 bridgehead atoms. The molecule has 5 heteroatoms. The predicted octanol–water partition coefficient (Wildman–Crippen LogP) is 2.54. The van der Waals surface area contributed by atoms with E-state index in [0.29, 0.717) is 5.75 Å². The Balaban J connectivity index is 2.30. The van der Waals surface area contributed by atoms with Gasteiger partial charge in [0.1, 0.15) is 5.75 Å². The third-order valence-electron chi connectivity index (χ3n) is 1.39. The Kier molecular flexibility index (Phi) is 4.88. The van der Waals surface area contributed by atoms with Crippen LogP contribution in [0.25, 0.3) is 0 Å². The first-order valence-electron chi connectivity index (χ1n) is 3.94. The molecule has 0 amide bonds. The van der Waals surface area contributed by atoms with Crippen LogP contribution in [0.5, 0.6) is 5.75 Å². The molecule has 14 heavy (non-hydrogen) atoms. The van der Waals surface area contributed by atoms with Crippen LogP contribution in [0.1, 0.15) is 5.56 Å². The summed E-state index contributed by atoms with van der Waals surface area (Å²) < 4.78 is 9.53. The van der Waals surface area contributed by atoms with Crippen molar-refractivity contribution >= 4 is 18.4 Å². The minimum Gasteiger partial charge on any atom is -0.442 e. The molecule has 0 saturated carbocycles. The average Bonchev–Trinajstić information content (AvgIpc) is 2.21. The van der Waals surface area contributed by atoms with Gasteiger partial charge in [0.25, 0.3) is 0 Å². The molecule has 1 aromatic carbocycles. The molecule has 0 N–H and O–H groups in total. The molecule has 76 valence electrons. The quantitative estimate of drug-likeness (QED) is 0.188. The number of benzene rings is 1. The van der Waals surface area contributed by atoms with Crippen LogP contribution >= 0.6 is 12.0 Å². The molecular formula is C9H11NO3S. The summed E-state index contributed by atoms with van der Waals surface area (Å²) in [5.74, 6) is 0.701. The lowest BCUT2D eigenvalue weighted by atomic mass is 10.2. The van der Waals surface area contributed by atoms with Crippen molar-refractivity contribution in [1.29, 1.82) is 0 Å². The monoisotopic (exact) mass is 213 g/mol. The largest absolute Gasteiger partial charge is 0.442 e. The van der Waals surface area contributed by atoms with Crippen LogP contribution in [0, 0.1) is 6.92 Å². The number of ether oxygens (including phenoxy) is 1. The van der Waals surface area contributed by atoms with E-state index in [1.165, 1.54) is 12.0 Å². The average molecular weight is 213 g/mol. The first-order chi connectivity index (χ1) is 6.83. The van der Waals surface area contributed by atoms with Crippen molar-refractivity contribution in [1.82, 2.24) is 0 Å². The maximum Gasteiger partial charge on any atom is 0.222 e. The van der Waals surface area contributed by atoms with Gasteiger partial charge in [-0.15, -0.1) is 0 Å². The first kappa shape index (κ1) is 10.9. The molecule has 0 saturated heterocycles. The summed E-state index contributed by atoms with van der Waals surface area (Å²) in [4.78, 5) is 4.34. The fourth-order valence-corrected chi connectivity index (χ4v) is 0.861. The molecule has 0 spiro atoms. The van der Waals surface area contributed by atoms with Gasteiger partial charge in [-0.2, -0.15) is 0 Å². The normalized spacial score (nSPS) is 10.4. The van der Waals surface area contributed by atoms with Gasteiger partial charge in [-0.3, -0.25) is 0 Å². The Morgan fingerprint density at radius 3 is 2.64 bits per heavy atom. The number of rotatable bonds is 5. The fraction of sp³-hybridized carbons (Fsp3) is 0.222. The van der Waals surface area contributed by atoms with Crippen molar-refractivity contribution in [2.45, 2.75) is 6.92 Å². The Labute approximate surface area is 87.0 Å². The molecule has 0 atom stereocenters. The van der Waals surface area contributed by atoms with E-state index in [0.717, 1.165) is 12.0 Å². The molecule has 0 aliphatic carbocycles. The van der Waals surface area contributed by atoms with Crippen molar-refractivity contribution in [3.8, 4) is 5.75 Å². The first-order valence-corrected chi connectivity index (χ1v) is 5.09. The Morgan fingerprint density at radius 2 is 2.00 bits per heavy atom. The minimum absolute atomic E-state index is 0.701. The third-order valence-corrected chi connectivity index (χ3v) is 1.59. The molecule has 0 radical (unpaired) electrons. The zero-order chi connectivity index (χ0) is 10.2. The second kappa shape index (κ2) is 6.28. The SMILES string of the molecule is CSOON=COc1ccc(C)cc1. The van der Waals surface area contributed by atoms with Crippen LogP contribution in [0.15, 0.2) is 29.4 Å². The molecule has 1 aromatic rings. The predicted molar refractivity (Wildman–Crippen MR) is 56.0 cm³/mol. The maximum atomic E-state index is 5.10. The van der Waals surface area contributed by atoms with Crippen molar-refractivity contribution in [2.24, 2.45) is 5.16 Å². The van der Waals surface area contributed by atoms with Crippen LogP contribution in [0.2, 0.25) is 0 Å². The molecule has 0 aliphatic rings. The number of nitrogens with zero attached hydrogens (tertiary/aromatic N) is 1. The lowest BCUT2D eigenvalue weighted by Gasteiger charge is -1.98. The van der Waals surface area contributed by atoms with Gasteiger partial charge in [-0.1, -0.05) is 22.0 Å². The van der Waals surface area contributed by atoms with E-state index in [-0.39, 0.29) is 0 Å². The molecule has 1 rings (SSSR count). The highest BCUT2D eigenvalue weighted by Gasteiger charge is 1.89. The van der Waals surface area contributed by atoms with Gasteiger partial charge in [0.2, 0.25) is 6.40 Å². The van der Waals surface area contributed by atoms with E-state index in [1.54, 1.807) is 6.26 Å². The van der Waals surface area contributed by atoms with Gasteiger partial charge < -0.3 is 4.74 Å². The van der Waals surface area contributed by atoms with E-state index in [2.05, 4.69) is 14.5 Å². The number of oxime groups is 1. The summed E-state index contributed by atoms with van der Waals surface area (Å²) in [6.07, 6.45) is 2.89. The van der Waals surface area contributed by atoms with Crippen LogP contribution in [-0.2, 0) is 9.32 Å². The zero-order valence-electron chi connectivity index (χ0n) is 7.97.